The van der Waals surface area contributed by atoms with Crippen LogP contribution < -0.4 is 11.3 Å². The zero-order valence-electron chi connectivity index (χ0n) is 9.27. The van der Waals surface area contributed by atoms with Gasteiger partial charge in [0.05, 0.1) is 0 Å². The molecule has 1 unspecified atom stereocenters. The van der Waals surface area contributed by atoms with E-state index in [0.717, 1.165) is 17.8 Å². The van der Waals surface area contributed by atoms with Gasteiger partial charge < -0.3 is 4.98 Å². The number of nitrogens with zero attached hydrogens (tertiary/aromatic N) is 1. The van der Waals surface area contributed by atoms with Gasteiger partial charge >= 0.3 is 0 Å². The third-order valence-electron chi connectivity index (χ3n) is 2.68. The number of hydrogen-bond donors (Lipinski definition) is 3. The number of aromatic nitrogens is 2. The van der Waals surface area contributed by atoms with E-state index < -0.39 is 0 Å². The van der Waals surface area contributed by atoms with Gasteiger partial charge in [-0.2, -0.15) is 0 Å². The smallest absolute Gasteiger partial charge is 0.129 e. The Hall–Kier alpha value is -1.65. The van der Waals surface area contributed by atoms with Crippen molar-refractivity contribution < 1.29 is 0 Å². The molecule has 4 N–H and O–H groups in total. The van der Waals surface area contributed by atoms with Gasteiger partial charge in [-0.3, -0.25) is 5.84 Å². The topological polar surface area (TPSA) is 66.7 Å². The second-order valence-electron chi connectivity index (χ2n) is 3.67. The number of rotatable bonds is 4. The summed E-state index contributed by atoms with van der Waals surface area (Å²) < 4.78 is 0. The Kier molecular flexibility index (Phi) is 3.34. The van der Waals surface area contributed by atoms with E-state index in [-0.39, 0.29) is 6.04 Å². The molecule has 0 radical (unpaired) electrons. The number of nitrogens with two attached hydrogens (primary N) is 1. The molecule has 1 aromatic carbocycles. The Morgan fingerprint density at radius 1 is 1.38 bits per heavy atom. The summed E-state index contributed by atoms with van der Waals surface area (Å²) in [6, 6.07) is 8.30. The zero-order valence-corrected chi connectivity index (χ0v) is 9.27. The van der Waals surface area contributed by atoms with Crippen molar-refractivity contribution in [2.75, 3.05) is 0 Å². The van der Waals surface area contributed by atoms with Crippen molar-refractivity contribution in [3.63, 3.8) is 0 Å². The van der Waals surface area contributed by atoms with Gasteiger partial charge in [-0.25, -0.2) is 10.4 Å². The van der Waals surface area contributed by atoms with Crippen LogP contribution in [0.4, 0.5) is 0 Å². The maximum atomic E-state index is 5.56. The van der Waals surface area contributed by atoms with Crippen molar-refractivity contribution in [1.29, 1.82) is 0 Å². The molecule has 16 heavy (non-hydrogen) atoms. The van der Waals surface area contributed by atoms with Crippen molar-refractivity contribution in [3.8, 4) is 0 Å². The van der Waals surface area contributed by atoms with Crippen LogP contribution in [0, 0.1) is 0 Å². The fraction of sp³-hybridized carbons (Fsp3) is 0.250. The molecule has 0 saturated heterocycles. The van der Waals surface area contributed by atoms with Crippen LogP contribution in [0.25, 0.3) is 0 Å². The van der Waals surface area contributed by atoms with Crippen LogP contribution in [-0.2, 0) is 6.42 Å². The first-order valence-electron chi connectivity index (χ1n) is 5.39. The molecule has 4 nitrogen and oxygen atoms in total. The second-order valence-corrected chi connectivity index (χ2v) is 3.67. The minimum absolute atomic E-state index is 0.0825. The first-order chi connectivity index (χ1) is 7.85. The summed E-state index contributed by atoms with van der Waals surface area (Å²) in [4.78, 5) is 7.27. The standard InChI is InChI=1S/C12H16N4/c1-2-9-3-5-10(6-4-9)11(16-13)12-14-7-8-15-12/h3-8,11,16H,2,13H2,1H3,(H,14,15). The van der Waals surface area contributed by atoms with E-state index in [9.17, 15) is 0 Å². The molecule has 0 spiro atoms. The molecular formula is C12H16N4. The summed E-state index contributed by atoms with van der Waals surface area (Å²) in [5.41, 5.74) is 5.19. The average Bonchev–Trinajstić information content (AvgIpc) is 2.85. The number of aromatic amines is 1. The SMILES string of the molecule is CCc1ccc(C(NN)c2ncc[nH]2)cc1. The minimum Gasteiger partial charge on any atom is -0.347 e. The quantitative estimate of drug-likeness (QED) is 0.536. The largest absolute Gasteiger partial charge is 0.347 e. The Bertz CT molecular complexity index is 419. The molecule has 0 bridgehead atoms. The van der Waals surface area contributed by atoms with Gasteiger partial charge in [-0.15, -0.1) is 0 Å². The Morgan fingerprint density at radius 2 is 2.12 bits per heavy atom. The predicted octanol–water partition coefficient (Wildman–Crippen LogP) is 1.52. The zero-order chi connectivity index (χ0) is 11.4. The van der Waals surface area contributed by atoms with Gasteiger partial charge in [0.2, 0.25) is 0 Å². The van der Waals surface area contributed by atoms with E-state index in [0.29, 0.717) is 0 Å². The summed E-state index contributed by atoms with van der Waals surface area (Å²) in [5, 5.41) is 0. The molecule has 1 atom stereocenters. The van der Waals surface area contributed by atoms with Crippen LogP contribution in [-0.4, -0.2) is 9.97 Å². The van der Waals surface area contributed by atoms with E-state index in [2.05, 4.69) is 46.6 Å². The Balaban J connectivity index is 2.27. The summed E-state index contributed by atoms with van der Waals surface area (Å²) in [6.45, 7) is 2.14. The lowest BCUT2D eigenvalue weighted by Crippen LogP contribution is -2.29. The van der Waals surface area contributed by atoms with E-state index in [1.807, 2.05) is 0 Å². The van der Waals surface area contributed by atoms with Gasteiger partial charge in [-0.1, -0.05) is 31.2 Å². The van der Waals surface area contributed by atoms with Gasteiger partial charge in [0.1, 0.15) is 11.9 Å². The highest BCUT2D eigenvalue weighted by Gasteiger charge is 2.13. The third-order valence-corrected chi connectivity index (χ3v) is 2.68. The highest BCUT2D eigenvalue weighted by molar-refractivity contribution is 5.28. The number of imidazole rings is 1. The third kappa shape index (κ3) is 2.13. The molecule has 0 aliphatic rings. The van der Waals surface area contributed by atoms with Crippen LogP contribution >= 0.6 is 0 Å². The fourth-order valence-electron chi connectivity index (χ4n) is 1.71. The van der Waals surface area contributed by atoms with Gasteiger partial charge in [0, 0.05) is 12.4 Å². The number of nitrogens with one attached hydrogen (secondary N) is 2. The molecule has 0 aliphatic heterocycles. The van der Waals surface area contributed by atoms with Crippen LogP contribution in [0.3, 0.4) is 0 Å². The molecule has 2 rings (SSSR count). The van der Waals surface area contributed by atoms with Crippen molar-refractivity contribution in [2.45, 2.75) is 19.4 Å². The molecule has 1 heterocycles. The van der Waals surface area contributed by atoms with Crippen molar-refractivity contribution in [1.82, 2.24) is 15.4 Å². The van der Waals surface area contributed by atoms with E-state index >= 15 is 0 Å². The predicted molar refractivity (Wildman–Crippen MR) is 63.6 cm³/mol. The maximum absolute atomic E-state index is 5.56. The summed E-state index contributed by atoms with van der Waals surface area (Å²) in [7, 11) is 0. The van der Waals surface area contributed by atoms with Crippen molar-refractivity contribution in [3.05, 3.63) is 53.6 Å². The number of aryl methyl sites for hydroxylation is 1. The number of benzene rings is 1. The lowest BCUT2D eigenvalue weighted by Gasteiger charge is -2.14. The molecular weight excluding hydrogens is 200 g/mol. The van der Waals surface area contributed by atoms with Gasteiger partial charge in [0.15, 0.2) is 0 Å². The van der Waals surface area contributed by atoms with Crippen LogP contribution in [0.5, 0.6) is 0 Å². The Morgan fingerprint density at radius 3 is 2.62 bits per heavy atom. The van der Waals surface area contributed by atoms with Crippen molar-refractivity contribution in [2.24, 2.45) is 5.84 Å². The minimum atomic E-state index is -0.0825. The maximum Gasteiger partial charge on any atom is 0.129 e. The second kappa shape index (κ2) is 4.92. The summed E-state index contributed by atoms with van der Waals surface area (Å²) >= 11 is 0. The molecule has 1 aromatic heterocycles. The summed E-state index contributed by atoms with van der Waals surface area (Å²) in [6.07, 6.45) is 4.56. The van der Waals surface area contributed by atoms with Gasteiger partial charge in [-0.05, 0) is 17.5 Å². The Labute approximate surface area is 94.9 Å². The first-order valence-corrected chi connectivity index (χ1v) is 5.39. The molecule has 4 heteroatoms. The van der Waals surface area contributed by atoms with Gasteiger partial charge in [0.25, 0.3) is 0 Å². The lowest BCUT2D eigenvalue weighted by atomic mass is 10.0. The summed E-state index contributed by atoms with van der Waals surface area (Å²) in [5.74, 6) is 6.38. The highest BCUT2D eigenvalue weighted by Crippen LogP contribution is 2.18. The number of H-pyrrole nitrogens is 1. The van der Waals surface area contributed by atoms with E-state index in [1.165, 1.54) is 5.56 Å². The van der Waals surface area contributed by atoms with E-state index in [4.69, 9.17) is 5.84 Å². The molecule has 0 saturated carbocycles. The van der Waals surface area contributed by atoms with Crippen LogP contribution in [0.2, 0.25) is 0 Å². The number of hydrogen-bond acceptors (Lipinski definition) is 3. The average molecular weight is 216 g/mol. The van der Waals surface area contributed by atoms with Crippen LogP contribution in [0.15, 0.2) is 36.7 Å². The monoisotopic (exact) mass is 216 g/mol. The molecule has 84 valence electrons. The van der Waals surface area contributed by atoms with Crippen molar-refractivity contribution >= 4 is 0 Å². The lowest BCUT2D eigenvalue weighted by molar-refractivity contribution is 0.608. The fourth-order valence-corrected chi connectivity index (χ4v) is 1.71. The molecule has 0 amide bonds. The van der Waals surface area contributed by atoms with Crippen LogP contribution in [0.1, 0.15) is 29.9 Å². The normalized spacial score (nSPS) is 12.6. The molecule has 0 fully saturated rings. The first kappa shape index (κ1) is 10.9. The number of hydrazine groups is 1. The van der Waals surface area contributed by atoms with E-state index in [1.54, 1.807) is 12.4 Å². The molecule has 0 aliphatic carbocycles. The molecule has 2 aromatic rings. The highest BCUT2D eigenvalue weighted by atomic mass is 15.2.